The van der Waals surface area contributed by atoms with Crippen LogP contribution in [-0.4, -0.2) is 18.4 Å². The van der Waals surface area contributed by atoms with Gasteiger partial charge in [0.2, 0.25) is 5.91 Å². The van der Waals surface area contributed by atoms with Crippen molar-refractivity contribution < 1.29 is 14.3 Å². The fourth-order valence-electron chi connectivity index (χ4n) is 3.41. The van der Waals surface area contributed by atoms with E-state index in [0.717, 1.165) is 24.7 Å². The highest BCUT2D eigenvalue weighted by atomic mass is 16.5. The first-order valence-electron chi connectivity index (χ1n) is 7.27. The number of anilines is 3. The molecule has 1 aromatic rings. The van der Waals surface area contributed by atoms with Crippen molar-refractivity contribution >= 4 is 28.9 Å². The highest BCUT2D eigenvalue weighted by Gasteiger charge is 2.48. The molecule has 4 rings (SSSR count). The summed E-state index contributed by atoms with van der Waals surface area (Å²) in [5, 5.41) is 5.60. The Morgan fingerprint density at radius 2 is 2.05 bits per heavy atom. The Morgan fingerprint density at radius 3 is 2.81 bits per heavy atom. The van der Waals surface area contributed by atoms with Gasteiger partial charge >= 0.3 is 0 Å². The SMILES string of the molecule is Nc1cc2c(cc1NC(=O)C1CC3CC3C1)NC(=O)CO2. The molecule has 1 heterocycles. The van der Waals surface area contributed by atoms with Gasteiger partial charge < -0.3 is 21.1 Å². The third kappa shape index (κ3) is 2.20. The van der Waals surface area contributed by atoms with E-state index in [9.17, 15) is 9.59 Å². The monoisotopic (exact) mass is 287 g/mol. The van der Waals surface area contributed by atoms with Crippen molar-refractivity contribution in [1.29, 1.82) is 0 Å². The van der Waals surface area contributed by atoms with Crippen LogP contribution in [0.25, 0.3) is 0 Å². The predicted molar refractivity (Wildman–Crippen MR) is 77.9 cm³/mol. The highest BCUT2D eigenvalue weighted by Crippen LogP contribution is 2.54. The van der Waals surface area contributed by atoms with Gasteiger partial charge in [0.25, 0.3) is 5.91 Å². The number of carbonyl (C=O) groups is 2. The van der Waals surface area contributed by atoms with Gasteiger partial charge in [-0.3, -0.25) is 9.59 Å². The summed E-state index contributed by atoms with van der Waals surface area (Å²) in [7, 11) is 0. The first kappa shape index (κ1) is 12.5. The zero-order valence-corrected chi connectivity index (χ0v) is 11.5. The topological polar surface area (TPSA) is 93.5 Å². The van der Waals surface area contributed by atoms with E-state index >= 15 is 0 Å². The van der Waals surface area contributed by atoms with Gasteiger partial charge in [0, 0.05) is 12.0 Å². The molecular formula is C15H17N3O3. The number of nitrogen functional groups attached to an aromatic ring is 1. The summed E-state index contributed by atoms with van der Waals surface area (Å²) >= 11 is 0. The molecule has 2 saturated carbocycles. The van der Waals surface area contributed by atoms with Crippen molar-refractivity contribution in [3.8, 4) is 5.75 Å². The number of rotatable bonds is 2. The van der Waals surface area contributed by atoms with E-state index in [0.29, 0.717) is 22.8 Å². The minimum atomic E-state index is -0.208. The second-order valence-electron chi connectivity index (χ2n) is 6.19. The lowest BCUT2D eigenvalue weighted by Crippen LogP contribution is -2.26. The maximum Gasteiger partial charge on any atom is 0.262 e. The van der Waals surface area contributed by atoms with Crippen LogP contribution in [-0.2, 0) is 9.59 Å². The number of nitrogens with two attached hydrogens (primary N) is 1. The average Bonchev–Trinajstić information content (AvgIpc) is 3.06. The maximum absolute atomic E-state index is 12.3. The van der Waals surface area contributed by atoms with Gasteiger partial charge in [-0.25, -0.2) is 0 Å². The van der Waals surface area contributed by atoms with Gasteiger partial charge in [0.15, 0.2) is 6.61 Å². The summed E-state index contributed by atoms with van der Waals surface area (Å²) in [5.74, 6) is 1.96. The second-order valence-corrected chi connectivity index (χ2v) is 6.19. The summed E-state index contributed by atoms with van der Waals surface area (Å²) in [6.07, 6.45) is 3.26. The van der Waals surface area contributed by atoms with Crippen molar-refractivity contribution in [2.45, 2.75) is 19.3 Å². The van der Waals surface area contributed by atoms with Gasteiger partial charge in [0.05, 0.1) is 17.1 Å². The first-order chi connectivity index (χ1) is 10.1. The number of ether oxygens (including phenoxy) is 1. The highest BCUT2D eigenvalue weighted by molar-refractivity contribution is 6.00. The number of amides is 2. The van der Waals surface area contributed by atoms with E-state index < -0.39 is 0 Å². The van der Waals surface area contributed by atoms with E-state index in [2.05, 4.69) is 10.6 Å². The van der Waals surface area contributed by atoms with Crippen LogP contribution in [0, 0.1) is 17.8 Å². The molecule has 1 aromatic carbocycles. The molecule has 1 aliphatic heterocycles. The molecule has 6 heteroatoms. The van der Waals surface area contributed by atoms with Crippen LogP contribution < -0.4 is 21.1 Å². The maximum atomic E-state index is 12.3. The van der Waals surface area contributed by atoms with Gasteiger partial charge in [0.1, 0.15) is 5.75 Å². The van der Waals surface area contributed by atoms with E-state index in [-0.39, 0.29) is 24.3 Å². The van der Waals surface area contributed by atoms with Crippen molar-refractivity contribution in [3.63, 3.8) is 0 Å². The summed E-state index contributed by atoms with van der Waals surface area (Å²) < 4.78 is 5.29. The molecule has 3 aliphatic rings. The number of nitrogens with one attached hydrogen (secondary N) is 2. The molecular weight excluding hydrogens is 270 g/mol. The molecule has 6 nitrogen and oxygen atoms in total. The number of hydrogen-bond donors (Lipinski definition) is 3. The largest absolute Gasteiger partial charge is 0.482 e. The van der Waals surface area contributed by atoms with Crippen LogP contribution in [0.3, 0.4) is 0 Å². The fourth-order valence-corrected chi connectivity index (χ4v) is 3.41. The first-order valence-corrected chi connectivity index (χ1v) is 7.27. The van der Waals surface area contributed by atoms with Crippen molar-refractivity contribution in [1.82, 2.24) is 0 Å². The number of carbonyl (C=O) groups excluding carboxylic acids is 2. The number of benzene rings is 1. The lowest BCUT2D eigenvalue weighted by atomic mass is 10.0. The number of hydrogen-bond acceptors (Lipinski definition) is 4. The van der Waals surface area contributed by atoms with Gasteiger partial charge in [-0.05, 0) is 37.2 Å². The molecule has 21 heavy (non-hydrogen) atoms. The molecule has 2 fully saturated rings. The summed E-state index contributed by atoms with van der Waals surface area (Å²) in [4.78, 5) is 23.6. The summed E-state index contributed by atoms with van der Waals surface area (Å²) in [6.45, 7) is -0.0109. The Hall–Kier alpha value is -2.24. The van der Waals surface area contributed by atoms with Crippen molar-refractivity contribution in [2.24, 2.45) is 17.8 Å². The van der Waals surface area contributed by atoms with Crippen molar-refractivity contribution in [2.75, 3.05) is 23.0 Å². The third-order valence-corrected chi connectivity index (χ3v) is 4.66. The van der Waals surface area contributed by atoms with Crippen LogP contribution in [0.4, 0.5) is 17.1 Å². The van der Waals surface area contributed by atoms with E-state index in [1.165, 1.54) is 6.42 Å². The Morgan fingerprint density at radius 1 is 1.29 bits per heavy atom. The van der Waals surface area contributed by atoms with Crippen LogP contribution >= 0.6 is 0 Å². The fraction of sp³-hybridized carbons (Fsp3) is 0.467. The summed E-state index contributed by atoms with van der Waals surface area (Å²) in [5.41, 5.74) is 7.48. The smallest absolute Gasteiger partial charge is 0.262 e. The Bertz CT molecular complexity index is 633. The molecule has 4 N–H and O–H groups in total. The molecule has 2 unspecified atom stereocenters. The van der Waals surface area contributed by atoms with Gasteiger partial charge in [-0.15, -0.1) is 0 Å². The van der Waals surface area contributed by atoms with Gasteiger partial charge in [-0.2, -0.15) is 0 Å². The number of fused-ring (bicyclic) bond motifs is 2. The molecule has 2 atom stereocenters. The van der Waals surface area contributed by atoms with Crippen molar-refractivity contribution in [3.05, 3.63) is 12.1 Å². The standard InChI is InChI=1S/C15H17N3O3/c16-10-4-13-12(17-14(19)6-21-13)5-11(10)18-15(20)9-2-7-1-8(7)3-9/h4-5,7-9H,1-3,6,16H2,(H,17,19)(H,18,20). The minimum absolute atomic E-state index is 0.0109. The van der Waals surface area contributed by atoms with Crippen LogP contribution in [0.2, 0.25) is 0 Å². The molecule has 0 bridgehead atoms. The average molecular weight is 287 g/mol. The van der Waals surface area contributed by atoms with E-state index in [1.807, 2.05) is 0 Å². The Balaban J connectivity index is 1.53. The van der Waals surface area contributed by atoms with Crippen LogP contribution in [0.1, 0.15) is 19.3 Å². The van der Waals surface area contributed by atoms with E-state index in [4.69, 9.17) is 10.5 Å². The molecule has 2 aliphatic carbocycles. The Kier molecular flexibility index (Phi) is 2.60. The zero-order valence-electron chi connectivity index (χ0n) is 11.5. The lowest BCUT2D eigenvalue weighted by Gasteiger charge is -2.21. The molecule has 2 amide bonds. The van der Waals surface area contributed by atoms with E-state index in [1.54, 1.807) is 12.1 Å². The molecule has 0 aromatic heterocycles. The lowest BCUT2D eigenvalue weighted by molar-refractivity contribution is -0.120. The zero-order chi connectivity index (χ0) is 14.6. The minimum Gasteiger partial charge on any atom is -0.482 e. The molecule has 0 radical (unpaired) electrons. The molecule has 0 saturated heterocycles. The predicted octanol–water partition coefficient (Wildman–Crippen LogP) is 1.58. The summed E-state index contributed by atoms with van der Waals surface area (Å²) in [6, 6.07) is 3.30. The second kappa shape index (κ2) is 4.38. The third-order valence-electron chi connectivity index (χ3n) is 4.66. The van der Waals surface area contributed by atoms with Crippen LogP contribution in [0.15, 0.2) is 12.1 Å². The Labute approximate surface area is 122 Å². The molecule has 0 spiro atoms. The normalized spacial score (nSPS) is 29.0. The van der Waals surface area contributed by atoms with Crippen LogP contribution in [0.5, 0.6) is 5.75 Å². The molecule has 110 valence electrons. The van der Waals surface area contributed by atoms with Gasteiger partial charge in [-0.1, -0.05) is 0 Å². The quantitative estimate of drug-likeness (QED) is 0.720.